The van der Waals surface area contributed by atoms with Crippen molar-refractivity contribution in [3.63, 3.8) is 0 Å². The standard InChI is InChI=1S/C28H19NS/c1-2-7-19(8-3-1)21-10-6-11-22(17-21)29-23-14-16-27-26(18-23)25-15-13-20-9-4-5-12-24(20)28(25)30-27/h1-18,29H. The summed E-state index contributed by atoms with van der Waals surface area (Å²) in [4.78, 5) is 0. The van der Waals surface area contributed by atoms with Crippen molar-refractivity contribution in [3.8, 4) is 11.1 Å². The second-order valence-electron chi connectivity index (χ2n) is 7.55. The summed E-state index contributed by atoms with van der Waals surface area (Å²) in [7, 11) is 0. The smallest absolute Gasteiger partial charge is 0.0433 e. The van der Waals surface area contributed by atoms with Gasteiger partial charge in [-0.05, 0) is 52.2 Å². The summed E-state index contributed by atoms with van der Waals surface area (Å²) in [6.07, 6.45) is 0. The van der Waals surface area contributed by atoms with Crippen molar-refractivity contribution in [3.05, 3.63) is 109 Å². The third-order valence-electron chi connectivity index (χ3n) is 5.62. The van der Waals surface area contributed by atoms with Gasteiger partial charge in [0.15, 0.2) is 0 Å². The van der Waals surface area contributed by atoms with E-state index in [9.17, 15) is 0 Å². The number of hydrogen-bond acceptors (Lipinski definition) is 2. The fourth-order valence-corrected chi connectivity index (χ4v) is 5.37. The van der Waals surface area contributed by atoms with E-state index >= 15 is 0 Å². The summed E-state index contributed by atoms with van der Waals surface area (Å²) >= 11 is 1.88. The van der Waals surface area contributed by atoms with Crippen molar-refractivity contribution >= 4 is 53.7 Å². The molecule has 1 aromatic heterocycles. The van der Waals surface area contributed by atoms with Crippen LogP contribution in [0.1, 0.15) is 0 Å². The van der Waals surface area contributed by atoms with E-state index in [1.165, 1.54) is 42.1 Å². The SMILES string of the molecule is c1ccc(-c2cccc(Nc3ccc4sc5c6ccccc6ccc5c4c3)c2)cc1. The first kappa shape index (κ1) is 17.3. The van der Waals surface area contributed by atoms with Gasteiger partial charge < -0.3 is 5.32 Å². The summed E-state index contributed by atoms with van der Waals surface area (Å²) < 4.78 is 2.69. The molecule has 6 rings (SSSR count). The molecular weight excluding hydrogens is 382 g/mol. The molecule has 0 radical (unpaired) electrons. The Hall–Kier alpha value is -3.62. The van der Waals surface area contributed by atoms with Crippen LogP contribution < -0.4 is 5.32 Å². The zero-order valence-electron chi connectivity index (χ0n) is 16.3. The molecule has 0 aliphatic rings. The largest absolute Gasteiger partial charge is 0.355 e. The van der Waals surface area contributed by atoms with Crippen molar-refractivity contribution in [2.45, 2.75) is 0 Å². The second-order valence-corrected chi connectivity index (χ2v) is 8.60. The number of rotatable bonds is 3. The lowest BCUT2D eigenvalue weighted by Crippen LogP contribution is -1.90. The topological polar surface area (TPSA) is 12.0 Å². The Labute approximate surface area is 179 Å². The molecule has 0 amide bonds. The van der Waals surface area contributed by atoms with Crippen LogP contribution in [0.25, 0.3) is 42.1 Å². The van der Waals surface area contributed by atoms with Gasteiger partial charge in [-0.15, -0.1) is 11.3 Å². The Balaban J connectivity index is 1.42. The number of fused-ring (bicyclic) bond motifs is 5. The lowest BCUT2D eigenvalue weighted by atomic mass is 10.0. The van der Waals surface area contributed by atoms with Crippen LogP contribution in [0.3, 0.4) is 0 Å². The van der Waals surface area contributed by atoms with Crippen LogP contribution in [0.15, 0.2) is 109 Å². The predicted molar refractivity (Wildman–Crippen MR) is 132 cm³/mol. The minimum absolute atomic E-state index is 1.10. The van der Waals surface area contributed by atoms with Gasteiger partial charge in [0.25, 0.3) is 0 Å². The molecule has 30 heavy (non-hydrogen) atoms. The molecule has 0 spiro atoms. The van der Waals surface area contributed by atoms with E-state index in [0.717, 1.165) is 11.4 Å². The van der Waals surface area contributed by atoms with E-state index in [-0.39, 0.29) is 0 Å². The maximum atomic E-state index is 3.60. The Morgan fingerprint density at radius 3 is 2.23 bits per heavy atom. The molecular formula is C28H19NS. The van der Waals surface area contributed by atoms with Gasteiger partial charge in [0.1, 0.15) is 0 Å². The highest BCUT2D eigenvalue weighted by molar-refractivity contribution is 7.26. The van der Waals surface area contributed by atoms with E-state index in [4.69, 9.17) is 0 Å². The van der Waals surface area contributed by atoms with Crippen LogP contribution in [0, 0.1) is 0 Å². The van der Waals surface area contributed by atoms with E-state index in [1.54, 1.807) is 0 Å². The molecule has 0 fully saturated rings. The molecule has 6 aromatic rings. The van der Waals surface area contributed by atoms with E-state index < -0.39 is 0 Å². The van der Waals surface area contributed by atoms with Gasteiger partial charge in [0.2, 0.25) is 0 Å². The first-order valence-electron chi connectivity index (χ1n) is 10.1. The molecule has 0 aliphatic heterocycles. The van der Waals surface area contributed by atoms with Crippen LogP contribution in [0.2, 0.25) is 0 Å². The first-order valence-corrected chi connectivity index (χ1v) is 10.9. The molecule has 1 heterocycles. The van der Waals surface area contributed by atoms with Gasteiger partial charge in [-0.1, -0.05) is 78.9 Å². The lowest BCUT2D eigenvalue weighted by Gasteiger charge is -2.09. The van der Waals surface area contributed by atoms with Crippen LogP contribution in [0.4, 0.5) is 11.4 Å². The quantitative estimate of drug-likeness (QED) is 0.313. The lowest BCUT2D eigenvalue weighted by molar-refractivity contribution is 1.55. The Morgan fingerprint density at radius 1 is 0.500 bits per heavy atom. The summed E-state index contributed by atoms with van der Waals surface area (Å²) in [6.45, 7) is 0. The van der Waals surface area contributed by atoms with Crippen LogP contribution in [-0.4, -0.2) is 0 Å². The first-order chi connectivity index (χ1) is 14.8. The fourth-order valence-electron chi connectivity index (χ4n) is 4.16. The normalized spacial score (nSPS) is 11.3. The number of nitrogens with one attached hydrogen (secondary N) is 1. The van der Waals surface area contributed by atoms with Gasteiger partial charge in [-0.2, -0.15) is 0 Å². The number of benzene rings is 5. The molecule has 0 unspecified atom stereocenters. The van der Waals surface area contributed by atoms with Gasteiger partial charge in [0.05, 0.1) is 0 Å². The van der Waals surface area contributed by atoms with Gasteiger partial charge in [0, 0.05) is 31.5 Å². The molecule has 142 valence electrons. The molecule has 0 atom stereocenters. The Kier molecular flexibility index (Phi) is 4.03. The summed E-state index contributed by atoms with van der Waals surface area (Å²) in [5.74, 6) is 0. The number of hydrogen-bond donors (Lipinski definition) is 1. The van der Waals surface area contributed by atoms with Crippen molar-refractivity contribution < 1.29 is 0 Å². The molecule has 5 aromatic carbocycles. The number of anilines is 2. The minimum atomic E-state index is 1.10. The number of thiophene rings is 1. The van der Waals surface area contributed by atoms with Gasteiger partial charge in [-0.3, -0.25) is 0 Å². The molecule has 1 nitrogen and oxygen atoms in total. The van der Waals surface area contributed by atoms with Crippen molar-refractivity contribution in [1.82, 2.24) is 0 Å². The van der Waals surface area contributed by atoms with E-state index in [0.29, 0.717) is 0 Å². The third kappa shape index (κ3) is 2.94. The summed E-state index contributed by atoms with van der Waals surface area (Å²) in [5.41, 5.74) is 4.66. The zero-order chi connectivity index (χ0) is 19.9. The van der Waals surface area contributed by atoms with Gasteiger partial charge >= 0.3 is 0 Å². The highest BCUT2D eigenvalue weighted by Gasteiger charge is 2.09. The summed E-state index contributed by atoms with van der Waals surface area (Å²) in [6, 6.07) is 38.9. The van der Waals surface area contributed by atoms with Crippen LogP contribution in [0.5, 0.6) is 0 Å². The predicted octanol–water partition coefficient (Wildman–Crippen LogP) is 8.62. The highest BCUT2D eigenvalue weighted by Crippen LogP contribution is 2.39. The van der Waals surface area contributed by atoms with E-state index in [2.05, 4.69) is 115 Å². The van der Waals surface area contributed by atoms with Crippen molar-refractivity contribution in [2.24, 2.45) is 0 Å². The van der Waals surface area contributed by atoms with Crippen molar-refractivity contribution in [2.75, 3.05) is 5.32 Å². The highest BCUT2D eigenvalue weighted by atomic mass is 32.1. The van der Waals surface area contributed by atoms with Crippen LogP contribution in [-0.2, 0) is 0 Å². The van der Waals surface area contributed by atoms with E-state index in [1.807, 2.05) is 11.3 Å². The average Bonchev–Trinajstić information content (AvgIpc) is 3.18. The van der Waals surface area contributed by atoms with Crippen LogP contribution >= 0.6 is 11.3 Å². The maximum absolute atomic E-state index is 3.60. The average molecular weight is 402 g/mol. The van der Waals surface area contributed by atoms with Crippen molar-refractivity contribution in [1.29, 1.82) is 0 Å². The Bertz CT molecular complexity index is 1510. The molecule has 2 heteroatoms. The third-order valence-corrected chi connectivity index (χ3v) is 6.84. The summed E-state index contributed by atoms with van der Waals surface area (Å²) in [5, 5.41) is 8.87. The minimum Gasteiger partial charge on any atom is -0.355 e. The molecule has 0 saturated carbocycles. The monoisotopic (exact) mass is 401 g/mol. The molecule has 1 N–H and O–H groups in total. The molecule has 0 aliphatic carbocycles. The Morgan fingerprint density at radius 2 is 1.30 bits per heavy atom. The zero-order valence-corrected chi connectivity index (χ0v) is 17.1. The molecule has 0 bridgehead atoms. The fraction of sp³-hybridized carbons (Fsp3) is 0. The maximum Gasteiger partial charge on any atom is 0.0433 e. The molecule has 0 saturated heterocycles. The van der Waals surface area contributed by atoms with Gasteiger partial charge in [-0.25, -0.2) is 0 Å². The second kappa shape index (κ2) is 7.01.